The highest BCUT2D eigenvalue weighted by Crippen LogP contribution is 2.44. The Morgan fingerprint density at radius 3 is 2.44 bits per heavy atom. The fourth-order valence-electron chi connectivity index (χ4n) is 5.09. The first-order chi connectivity index (χ1) is 19.0. The lowest BCUT2D eigenvalue weighted by atomic mass is 9.94. The number of benzene rings is 3. The monoisotopic (exact) mass is 526 g/mol. The fraction of sp³-hybridized carbons (Fsp3) is 0.226. The van der Waals surface area contributed by atoms with Crippen molar-refractivity contribution in [3.05, 3.63) is 95.2 Å². The van der Waals surface area contributed by atoms with Gasteiger partial charge in [0, 0.05) is 40.8 Å². The predicted octanol–water partition coefficient (Wildman–Crippen LogP) is 5.25. The van der Waals surface area contributed by atoms with Gasteiger partial charge in [-0.25, -0.2) is 0 Å². The number of nitrogens with zero attached hydrogens (tertiary/aromatic N) is 1. The van der Waals surface area contributed by atoms with Gasteiger partial charge >= 0.3 is 0 Å². The highest BCUT2D eigenvalue weighted by molar-refractivity contribution is 6.46. The number of carbonyl (C=O) groups is 2. The number of aliphatic hydroxyl groups is 1. The van der Waals surface area contributed by atoms with E-state index in [1.165, 1.54) is 12.0 Å². The lowest BCUT2D eigenvalue weighted by Crippen LogP contribution is -2.31. The van der Waals surface area contributed by atoms with E-state index in [1.807, 2.05) is 37.4 Å². The van der Waals surface area contributed by atoms with Crippen LogP contribution in [0.25, 0.3) is 16.7 Å². The number of methoxy groups -OCH3 is 2. The maximum atomic E-state index is 13.5. The van der Waals surface area contributed by atoms with E-state index in [0.29, 0.717) is 41.4 Å². The van der Waals surface area contributed by atoms with Crippen molar-refractivity contribution in [3.63, 3.8) is 0 Å². The Balaban J connectivity index is 1.59. The van der Waals surface area contributed by atoms with Crippen LogP contribution in [0, 0.1) is 0 Å². The summed E-state index contributed by atoms with van der Waals surface area (Å²) in [5, 5.41) is 12.5. The third-order valence-electron chi connectivity index (χ3n) is 7.01. The van der Waals surface area contributed by atoms with Crippen LogP contribution in [0.4, 0.5) is 0 Å². The van der Waals surface area contributed by atoms with E-state index in [1.54, 1.807) is 49.6 Å². The molecule has 4 aromatic rings. The lowest BCUT2D eigenvalue weighted by molar-refractivity contribution is -0.139. The summed E-state index contributed by atoms with van der Waals surface area (Å²) in [4.78, 5) is 31.7. The summed E-state index contributed by atoms with van der Waals surface area (Å²) >= 11 is 0. The zero-order valence-corrected chi connectivity index (χ0v) is 22.1. The summed E-state index contributed by atoms with van der Waals surface area (Å²) in [5.74, 6) is -0.0300. The first-order valence-electron chi connectivity index (χ1n) is 12.7. The Hall–Kier alpha value is -4.72. The number of likely N-dealkylation sites (tertiary alicyclic amines) is 1. The SMILES string of the molecule is CCOc1ccc(C(O)=C2C(=O)C(=O)N(CCc3c[nH]c4ccccc34)C2c2ccc(OC)cc2OC)cc1. The van der Waals surface area contributed by atoms with Crippen molar-refractivity contribution in [1.29, 1.82) is 0 Å². The smallest absolute Gasteiger partial charge is 0.295 e. The van der Waals surface area contributed by atoms with Crippen LogP contribution in [0.3, 0.4) is 0 Å². The molecule has 8 heteroatoms. The number of aromatic amines is 1. The molecule has 1 unspecified atom stereocenters. The van der Waals surface area contributed by atoms with Crippen molar-refractivity contribution in [2.75, 3.05) is 27.4 Å². The summed E-state index contributed by atoms with van der Waals surface area (Å²) in [7, 11) is 3.07. The van der Waals surface area contributed by atoms with Gasteiger partial charge in [-0.05, 0) is 61.4 Å². The molecule has 1 amide bonds. The van der Waals surface area contributed by atoms with Gasteiger partial charge in [0.05, 0.1) is 32.4 Å². The van der Waals surface area contributed by atoms with Gasteiger partial charge in [0.1, 0.15) is 23.0 Å². The number of aromatic nitrogens is 1. The second-order valence-corrected chi connectivity index (χ2v) is 9.17. The normalized spacial score (nSPS) is 16.6. The van der Waals surface area contributed by atoms with Crippen molar-refractivity contribution in [3.8, 4) is 17.2 Å². The minimum atomic E-state index is -0.859. The Morgan fingerprint density at radius 1 is 0.974 bits per heavy atom. The number of hydrogen-bond donors (Lipinski definition) is 2. The summed E-state index contributed by atoms with van der Waals surface area (Å²) in [6.07, 6.45) is 2.43. The average molecular weight is 527 g/mol. The van der Waals surface area contributed by atoms with Crippen LogP contribution < -0.4 is 14.2 Å². The van der Waals surface area contributed by atoms with Gasteiger partial charge in [0.15, 0.2) is 0 Å². The van der Waals surface area contributed by atoms with Crippen LogP contribution in [0.15, 0.2) is 78.5 Å². The Morgan fingerprint density at radius 2 is 1.72 bits per heavy atom. The topological polar surface area (TPSA) is 101 Å². The number of H-pyrrole nitrogens is 1. The Kier molecular flexibility index (Phi) is 7.27. The highest BCUT2D eigenvalue weighted by Gasteiger charge is 2.47. The number of carbonyl (C=O) groups excluding carboxylic acids is 2. The second-order valence-electron chi connectivity index (χ2n) is 9.17. The minimum absolute atomic E-state index is 0.00607. The lowest BCUT2D eigenvalue weighted by Gasteiger charge is -2.27. The van der Waals surface area contributed by atoms with Crippen molar-refractivity contribution in [1.82, 2.24) is 9.88 Å². The summed E-state index contributed by atoms with van der Waals surface area (Å²) in [6, 6.07) is 19.0. The van der Waals surface area contributed by atoms with E-state index in [9.17, 15) is 14.7 Å². The third-order valence-corrected chi connectivity index (χ3v) is 7.01. The van der Waals surface area contributed by atoms with Gasteiger partial charge in [-0.15, -0.1) is 0 Å². The number of fused-ring (bicyclic) bond motifs is 1. The van der Waals surface area contributed by atoms with Crippen molar-refractivity contribution in [2.45, 2.75) is 19.4 Å². The van der Waals surface area contributed by atoms with Crippen LogP contribution in [0.1, 0.15) is 29.7 Å². The van der Waals surface area contributed by atoms with Gasteiger partial charge in [-0.3, -0.25) is 9.59 Å². The standard InChI is InChI=1S/C31H30N2O6/c1-4-39-21-11-9-19(10-12-21)29(34)27-28(24-14-13-22(37-2)17-26(24)38-3)33(31(36)30(27)35)16-15-20-18-32-25-8-6-5-7-23(20)25/h5-14,17-18,28,32,34H,4,15-16H2,1-3H3. The van der Waals surface area contributed by atoms with E-state index in [-0.39, 0.29) is 17.9 Å². The molecule has 1 fully saturated rings. The molecule has 1 aliphatic heterocycles. The van der Waals surface area contributed by atoms with Crippen molar-refractivity contribution < 1.29 is 28.9 Å². The number of aliphatic hydroxyl groups excluding tert-OH is 1. The van der Waals surface area contributed by atoms with Crippen LogP contribution in [0.2, 0.25) is 0 Å². The van der Waals surface area contributed by atoms with E-state index < -0.39 is 17.7 Å². The highest BCUT2D eigenvalue weighted by atomic mass is 16.5. The quantitative estimate of drug-likeness (QED) is 0.176. The molecule has 1 atom stereocenters. The van der Waals surface area contributed by atoms with E-state index >= 15 is 0 Å². The van der Waals surface area contributed by atoms with Gasteiger partial charge in [0.2, 0.25) is 0 Å². The Bertz CT molecular complexity index is 1550. The number of Topliss-reactive ketones (excluding diaryl/α,β-unsaturated/α-hetero) is 1. The molecule has 39 heavy (non-hydrogen) atoms. The number of rotatable bonds is 9. The molecule has 8 nitrogen and oxygen atoms in total. The first kappa shape index (κ1) is 25.9. The van der Waals surface area contributed by atoms with Gasteiger partial charge in [-0.1, -0.05) is 18.2 Å². The first-order valence-corrected chi connectivity index (χ1v) is 12.7. The largest absolute Gasteiger partial charge is 0.507 e. The van der Waals surface area contributed by atoms with E-state index in [4.69, 9.17) is 14.2 Å². The van der Waals surface area contributed by atoms with Gasteiger partial charge < -0.3 is 29.2 Å². The van der Waals surface area contributed by atoms with Crippen molar-refractivity contribution in [2.24, 2.45) is 0 Å². The molecular formula is C31H30N2O6. The molecule has 3 aromatic carbocycles. The summed E-state index contributed by atoms with van der Waals surface area (Å²) < 4.78 is 16.5. The van der Waals surface area contributed by atoms with Crippen LogP contribution in [-0.2, 0) is 16.0 Å². The maximum Gasteiger partial charge on any atom is 0.295 e. The van der Waals surface area contributed by atoms with Gasteiger partial charge in [0.25, 0.3) is 11.7 Å². The molecule has 1 saturated heterocycles. The zero-order chi connectivity index (χ0) is 27.5. The molecule has 0 radical (unpaired) electrons. The summed E-state index contributed by atoms with van der Waals surface area (Å²) in [5.41, 5.74) is 3.01. The number of para-hydroxylation sites is 1. The number of ether oxygens (including phenoxy) is 3. The molecule has 2 N–H and O–H groups in total. The molecule has 0 saturated carbocycles. The molecule has 2 heterocycles. The maximum absolute atomic E-state index is 13.5. The zero-order valence-electron chi connectivity index (χ0n) is 22.1. The third kappa shape index (κ3) is 4.81. The molecule has 1 aliphatic rings. The molecular weight excluding hydrogens is 496 g/mol. The van der Waals surface area contributed by atoms with E-state index in [0.717, 1.165) is 16.5 Å². The molecule has 200 valence electrons. The Labute approximate surface area is 226 Å². The minimum Gasteiger partial charge on any atom is -0.507 e. The second kappa shape index (κ2) is 10.9. The van der Waals surface area contributed by atoms with Crippen LogP contribution in [-0.4, -0.2) is 54.1 Å². The van der Waals surface area contributed by atoms with Crippen molar-refractivity contribution >= 4 is 28.4 Å². The molecule has 0 bridgehead atoms. The number of hydrogen-bond acceptors (Lipinski definition) is 6. The fourth-order valence-corrected chi connectivity index (χ4v) is 5.09. The predicted molar refractivity (Wildman–Crippen MR) is 148 cm³/mol. The van der Waals surface area contributed by atoms with Gasteiger partial charge in [-0.2, -0.15) is 0 Å². The van der Waals surface area contributed by atoms with Crippen LogP contribution in [0.5, 0.6) is 17.2 Å². The summed E-state index contributed by atoms with van der Waals surface area (Å²) in [6.45, 7) is 2.64. The van der Waals surface area contributed by atoms with E-state index in [2.05, 4.69) is 4.98 Å². The molecule has 1 aromatic heterocycles. The number of ketones is 1. The number of amides is 1. The molecule has 5 rings (SSSR count). The van der Waals surface area contributed by atoms with Crippen LogP contribution >= 0.6 is 0 Å². The molecule has 0 aliphatic carbocycles. The molecule has 0 spiro atoms. The average Bonchev–Trinajstić information content (AvgIpc) is 3.49. The number of nitrogens with one attached hydrogen (secondary N) is 1.